The first kappa shape index (κ1) is 25.1. The van der Waals surface area contributed by atoms with Crippen LogP contribution in [0.3, 0.4) is 0 Å². The molecule has 0 saturated carbocycles. The van der Waals surface area contributed by atoms with E-state index in [-0.39, 0.29) is 24.2 Å². The lowest BCUT2D eigenvalue weighted by atomic mass is 9.79. The van der Waals surface area contributed by atoms with Gasteiger partial charge in [-0.15, -0.1) is 0 Å². The van der Waals surface area contributed by atoms with E-state index in [0.717, 1.165) is 38.4 Å². The summed E-state index contributed by atoms with van der Waals surface area (Å²) in [5, 5.41) is 13.8. The van der Waals surface area contributed by atoms with Crippen LogP contribution in [0.25, 0.3) is 0 Å². The Kier molecular flexibility index (Phi) is 8.39. The number of aliphatic carboxylic acids is 1. The zero-order chi connectivity index (χ0) is 22.6. The van der Waals surface area contributed by atoms with Crippen LogP contribution in [0, 0.1) is 0 Å². The van der Waals surface area contributed by atoms with E-state index in [9.17, 15) is 14.7 Å². The normalized spacial score (nSPS) is 26.0. The number of unbranched alkanes of at least 4 members (excludes halogenated alkanes) is 1. The fourth-order valence-electron chi connectivity index (χ4n) is 4.59. The first-order valence-corrected chi connectivity index (χ1v) is 11.7. The third-order valence-corrected chi connectivity index (χ3v) is 7.03. The van der Waals surface area contributed by atoms with E-state index in [0.29, 0.717) is 32.4 Å². The van der Waals surface area contributed by atoms with Crippen LogP contribution >= 0.6 is 0 Å². The van der Waals surface area contributed by atoms with Gasteiger partial charge in [0.2, 0.25) is 5.91 Å². The van der Waals surface area contributed by atoms with Gasteiger partial charge in [0.1, 0.15) is 5.54 Å². The summed E-state index contributed by atoms with van der Waals surface area (Å²) in [6, 6.07) is 0. The van der Waals surface area contributed by atoms with Gasteiger partial charge >= 0.3 is 13.1 Å². The van der Waals surface area contributed by atoms with E-state index in [4.69, 9.17) is 9.31 Å². The quantitative estimate of drug-likeness (QED) is 0.420. The van der Waals surface area contributed by atoms with Gasteiger partial charge < -0.3 is 14.4 Å². The summed E-state index contributed by atoms with van der Waals surface area (Å²) >= 11 is 0. The summed E-state index contributed by atoms with van der Waals surface area (Å²) in [5.41, 5.74) is -1.70. The third-order valence-electron chi connectivity index (χ3n) is 7.03. The zero-order valence-electron chi connectivity index (χ0n) is 19.8. The molecule has 0 aromatic carbocycles. The van der Waals surface area contributed by atoms with Gasteiger partial charge in [0, 0.05) is 19.5 Å². The zero-order valence-corrected chi connectivity index (χ0v) is 19.8. The molecule has 0 radical (unpaired) electrons. The van der Waals surface area contributed by atoms with Gasteiger partial charge in [0.15, 0.2) is 0 Å². The summed E-state index contributed by atoms with van der Waals surface area (Å²) in [6.07, 6.45) is 6.43. The highest BCUT2D eigenvalue weighted by molar-refractivity contribution is 6.45. The molecule has 0 bridgehead atoms. The Labute approximate surface area is 182 Å². The number of hydrazine groups is 1. The smallest absolute Gasteiger partial charge is 0.457 e. The van der Waals surface area contributed by atoms with Gasteiger partial charge in [-0.2, -0.15) is 0 Å². The largest absolute Gasteiger partial charge is 0.480 e. The van der Waals surface area contributed by atoms with E-state index < -0.39 is 11.5 Å². The van der Waals surface area contributed by atoms with Crippen LogP contribution in [0.2, 0.25) is 6.32 Å². The standard InChI is InChI=1S/C22H41BN2O5/c1-7-13-18(26)24(8-2)25-17-12-10-15-22(25,19(27)28)14-9-11-16-23-29-20(3,4)21(5,6)30-23/h7-17H2,1-6H3,(H,27,28). The Hall–Kier alpha value is -1.12. The van der Waals surface area contributed by atoms with Crippen LogP contribution in [0.15, 0.2) is 0 Å². The van der Waals surface area contributed by atoms with Crippen LogP contribution in [-0.2, 0) is 18.9 Å². The number of rotatable bonds is 10. The minimum Gasteiger partial charge on any atom is -0.480 e. The molecule has 8 heteroatoms. The van der Waals surface area contributed by atoms with Gasteiger partial charge in [0.05, 0.1) is 11.2 Å². The topological polar surface area (TPSA) is 79.3 Å². The molecule has 2 fully saturated rings. The number of carbonyl (C=O) groups is 2. The maximum Gasteiger partial charge on any atom is 0.457 e. The summed E-state index contributed by atoms with van der Waals surface area (Å²) in [4.78, 5) is 25.1. The average molecular weight is 424 g/mol. The molecule has 2 aliphatic heterocycles. The number of carboxylic acid groups (broad SMARTS) is 1. The lowest BCUT2D eigenvalue weighted by Crippen LogP contribution is -2.64. The Morgan fingerprint density at radius 2 is 1.70 bits per heavy atom. The number of nitrogens with zero attached hydrogens (tertiary/aromatic N) is 2. The van der Waals surface area contributed by atoms with Crippen LogP contribution in [0.5, 0.6) is 0 Å². The van der Waals surface area contributed by atoms with Crippen molar-refractivity contribution in [2.75, 3.05) is 13.1 Å². The lowest BCUT2D eigenvalue weighted by Gasteiger charge is -2.49. The lowest BCUT2D eigenvalue weighted by molar-refractivity contribution is -0.187. The van der Waals surface area contributed by atoms with Crippen LogP contribution in [-0.4, -0.2) is 63.9 Å². The second kappa shape index (κ2) is 10.0. The summed E-state index contributed by atoms with van der Waals surface area (Å²) in [7, 11) is -0.253. The molecule has 30 heavy (non-hydrogen) atoms. The van der Waals surface area contributed by atoms with Crippen molar-refractivity contribution in [2.24, 2.45) is 0 Å². The van der Waals surface area contributed by atoms with Crippen molar-refractivity contribution < 1.29 is 24.0 Å². The molecule has 2 aliphatic rings. The van der Waals surface area contributed by atoms with E-state index in [2.05, 4.69) is 0 Å². The molecule has 0 aromatic rings. The maximum atomic E-state index is 12.7. The van der Waals surface area contributed by atoms with Crippen molar-refractivity contribution in [2.45, 2.75) is 116 Å². The molecule has 0 spiro atoms. The molecule has 1 amide bonds. The van der Waals surface area contributed by atoms with Crippen LogP contribution < -0.4 is 0 Å². The molecule has 1 atom stereocenters. The Morgan fingerprint density at radius 3 is 2.23 bits per heavy atom. The fourth-order valence-corrected chi connectivity index (χ4v) is 4.59. The van der Waals surface area contributed by atoms with Crippen molar-refractivity contribution in [3.63, 3.8) is 0 Å². The highest BCUT2D eigenvalue weighted by atomic mass is 16.7. The molecule has 2 rings (SSSR count). The van der Waals surface area contributed by atoms with Gasteiger partial charge in [-0.3, -0.25) is 14.6 Å². The monoisotopic (exact) mass is 424 g/mol. The molecule has 0 aromatic heterocycles. The van der Waals surface area contributed by atoms with Crippen molar-refractivity contribution in [3.05, 3.63) is 0 Å². The first-order valence-electron chi connectivity index (χ1n) is 11.7. The number of piperidine rings is 1. The summed E-state index contributed by atoms with van der Waals surface area (Å²) in [6.45, 7) is 13.2. The highest BCUT2D eigenvalue weighted by Gasteiger charge is 2.51. The molecule has 7 nitrogen and oxygen atoms in total. The predicted molar refractivity (Wildman–Crippen MR) is 118 cm³/mol. The number of amides is 1. The van der Waals surface area contributed by atoms with Gasteiger partial charge in [-0.1, -0.05) is 19.8 Å². The van der Waals surface area contributed by atoms with E-state index >= 15 is 0 Å². The third kappa shape index (κ3) is 5.20. The number of hydrogen-bond donors (Lipinski definition) is 1. The number of carbonyl (C=O) groups excluding carboxylic acids is 1. The molecule has 0 aliphatic carbocycles. The molecular weight excluding hydrogens is 383 g/mol. The van der Waals surface area contributed by atoms with Gasteiger partial charge in [0.25, 0.3) is 0 Å². The molecular formula is C22H41BN2O5. The minimum absolute atomic E-state index is 0.0183. The van der Waals surface area contributed by atoms with Gasteiger partial charge in [-0.25, -0.2) is 5.01 Å². The predicted octanol–water partition coefficient (Wildman–Crippen LogP) is 4.12. The van der Waals surface area contributed by atoms with Crippen LogP contribution in [0.4, 0.5) is 0 Å². The average Bonchev–Trinajstić information content (AvgIpc) is 2.87. The van der Waals surface area contributed by atoms with E-state index in [1.165, 1.54) is 0 Å². The number of carboxylic acids is 1. The molecule has 172 valence electrons. The van der Waals surface area contributed by atoms with Crippen molar-refractivity contribution in [1.29, 1.82) is 0 Å². The second-order valence-corrected chi connectivity index (χ2v) is 9.71. The Balaban J connectivity index is 2.03. The van der Waals surface area contributed by atoms with Crippen molar-refractivity contribution in [3.8, 4) is 0 Å². The van der Waals surface area contributed by atoms with E-state index in [1.807, 2.05) is 46.6 Å². The Bertz CT molecular complexity index is 596. The SMILES string of the molecule is CCCC(=O)N(CC)N1CCCCC1(CCCCB1OC(C)(C)C(C)(C)O1)C(=O)O. The summed E-state index contributed by atoms with van der Waals surface area (Å²) < 4.78 is 12.1. The van der Waals surface area contributed by atoms with Crippen molar-refractivity contribution >= 4 is 19.0 Å². The van der Waals surface area contributed by atoms with Crippen LogP contribution in [0.1, 0.15) is 92.9 Å². The number of hydrogen-bond acceptors (Lipinski definition) is 5. The van der Waals surface area contributed by atoms with E-state index in [1.54, 1.807) is 5.01 Å². The fraction of sp³-hybridized carbons (Fsp3) is 0.909. The van der Waals surface area contributed by atoms with Gasteiger partial charge in [-0.05, 0) is 73.0 Å². The minimum atomic E-state index is -1.01. The first-order chi connectivity index (χ1) is 14.0. The summed E-state index contributed by atoms with van der Waals surface area (Å²) in [5.74, 6) is -0.801. The maximum absolute atomic E-state index is 12.7. The highest BCUT2D eigenvalue weighted by Crippen LogP contribution is 2.39. The molecule has 1 unspecified atom stereocenters. The van der Waals surface area contributed by atoms with Crippen molar-refractivity contribution in [1.82, 2.24) is 10.0 Å². The second-order valence-electron chi connectivity index (χ2n) is 9.71. The molecule has 2 saturated heterocycles. The molecule has 1 N–H and O–H groups in total. The Morgan fingerprint density at radius 1 is 1.07 bits per heavy atom. The molecule has 2 heterocycles.